The van der Waals surface area contributed by atoms with Crippen LogP contribution < -0.4 is 5.43 Å². The van der Waals surface area contributed by atoms with Gasteiger partial charge in [-0.2, -0.15) is 0 Å². The highest BCUT2D eigenvalue weighted by Gasteiger charge is 2.13. The van der Waals surface area contributed by atoms with Crippen LogP contribution in [0.5, 0.6) is 0 Å². The van der Waals surface area contributed by atoms with Crippen molar-refractivity contribution in [2.75, 3.05) is 7.05 Å². The van der Waals surface area contributed by atoms with Crippen molar-refractivity contribution in [1.29, 1.82) is 0 Å². The molecule has 3 rings (SSSR count). The first kappa shape index (κ1) is 17.4. The van der Waals surface area contributed by atoms with E-state index in [-0.39, 0.29) is 30.2 Å². The van der Waals surface area contributed by atoms with E-state index >= 15 is 0 Å². The number of carbonyl (C=O) groups is 1. The van der Waals surface area contributed by atoms with Gasteiger partial charge in [-0.25, -0.2) is 4.39 Å². The van der Waals surface area contributed by atoms with Gasteiger partial charge in [0, 0.05) is 41.3 Å². The summed E-state index contributed by atoms with van der Waals surface area (Å²) in [5.41, 5.74) is 1.05. The predicted molar refractivity (Wildman–Crippen MR) is 98.8 cm³/mol. The highest BCUT2D eigenvalue weighted by Crippen LogP contribution is 2.17. The van der Waals surface area contributed by atoms with Gasteiger partial charge in [-0.15, -0.1) is 0 Å². The van der Waals surface area contributed by atoms with E-state index in [1.807, 2.05) is 6.07 Å². The second-order valence-corrected chi connectivity index (χ2v) is 6.73. The van der Waals surface area contributed by atoms with Gasteiger partial charge >= 0.3 is 0 Å². The third-order valence-electron chi connectivity index (χ3n) is 4.04. The van der Waals surface area contributed by atoms with Gasteiger partial charge in [-0.05, 0) is 24.3 Å². The van der Waals surface area contributed by atoms with Crippen molar-refractivity contribution in [2.45, 2.75) is 13.1 Å². The van der Waals surface area contributed by atoms with E-state index in [0.717, 1.165) is 4.47 Å². The molecule has 0 atom stereocenters. The van der Waals surface area contributed by atoms with Gasteiger partial charge in [-0.3, -0.25) is 9.59 Å². The molecule has 0 aliphatic rings. The summed E-state index contributed by atoms with van der Waals surface area (Å²) in [7, 11) is 1.63. The summed E-state index contributed by atoms with van der Waals surface area (Å²) in [6.45, 7) is 0.262. The average molecular weight is 403 g/mol. The number of likely N-dealkylation sites (N-methyl/N-ethyl adjacent to an activating group) is 1. The van der Waals surface area contributed by atoms with Gasteiger partial charge in [0.15, 0.2) is 5.43 Å². The van der Waals surface area contributed by atoms with Crippen molar-refractivity contribution in [3.63, 3.8) is 0 Å². The second-order valence-electron chi connectivity index (χ2n) is 5.81. The quantitative estimate of drug-likeness (QED) is 0.669. The van der Waals surface area contributed by atoms with E-state index in [9.17, 15) is 14.0 Å². The molecule has 4 nitrogen and oxygen atoms in total. The normalized spacial score (nSPS) is 10.8. The van der Waals surface area contributed by atoms with Crippen LogP contribution in [0, 0.1) is 5.82 Å². The monoisotopic (exact) mass is 402 g/mol. The molecule has 0 N–H and O–H groups in total. The molecule has 128 valence electrons. The molecule has 6 heteroatoms. The van der Waals surface area contributed by atoms with Crippen molar-refractivity contribution in [3.05, 3.63) is 80.8 Å². The van der Waals surface area contributed by atoms with Crippen LogP contribution in [0.4, 0.5) is 4.39 Å². The number of aromatic nitrogens is 1. The fraction of sp³-hybridized carbons (Fsp3) is 0.158. The minimum Gasteiger partial charge on any atom is -0.340 e. The molecule has 0 aliphatic carbocycles. The third kappa shape index (κ3) is 3.79. The lowest BCUT2D eigenvalue weighted by atomic mass is 10.2. The van der Waals surface area contributed by atoms with E-state index in [1.54, 1.807) is 48.1 Å². The Hall–Kier alpha value is -2.47. The molecule has 25 heavy (non-hydrogen) atoms. The minimum absolute atomic E-state index is 0.0728. The fourth-order valence-corrected chi connectivity index (χ4v) is 3.02. The van der Waals surface area contributed by atoms with Gasteiger partial charge < -0.3 is 9.47 Å². The molecular weight excluding hydrogens is 387 g/mol. The highest BCUT2D eigenvalue weighted by atomic mass is 79.9. The Morgan fingerprint density at radius 3 is 2.72 bits per heavy atom. The lowest BCUT2D eigenvalue weighted by Gasteiger charge is -2.19. The number of rotatable bonds is 4. The van der Waals surface area contributed by atoms with E-state index in [0.29, 0.717) is 16.5 Å². The molecule has 1 aromatic heterocycles. The smallest absolute Gasteiger partial charge is 0.242 e. The molecule has 0 fully saturated rings. The number of pyridine rings is 1. The summed E-state index contributed by atoms with van der Waals surface area (Å²) in [6, 6.07) is 13.2. The van der Waals surface area contributed by atoms with Crippen LogP contribution in [-0.2, 0) is 17.9 Å². The SMILES string of the molecule is CN(Cc1ccccc1F)C(=O)Cn1ccc(=O)c2cc(Br)ccc21. The van der Waals surface area contributed by atoms with Crippen molar-refractivity contribution in [2.24, 2.45) is 0 Å². The number of fused-ring (bicyclic) bond motifs is 1. The molecular formula is C19H16BrFN2O2. The van der Waals surface area contributed by atoms with Gasteiger partial charge in [0.2, 0.25) is 5.91 Å². The first-order valence-corrected chi connectivity index (χ1v) is 8.51. The Bertz CT molecular complexity index is 1000. The van der Waals surface area contributed by atoms with E-state index in [4.69, 9.17) is 0 Å². The molecule has 0 spiro atoms. The summed E-state index contributed by atoms with van der Waals surface area (Å²) in [6.07, 6.45) is 1.60. The first-order chi connectivity index (χ1) is 12.0. The van der Waals surface area contributed by atoms with Gasteiger partial charge in [-0.1, -0.05) is 34.1 Å². The van der Waals surface area contributed by atoms with Crippen molar-refractivity contribution in [3.8, 4) is 0 Å². The van der Waals surface area contributed by atoms with Crippen LogP contribution >= 0.6 is 15.9 Å². The van der Waals surface area contributed by atoms with Gasteiger partial charge in [0.25, 0.3) is 0 Å². The van der Waals surface area contributed by atoms with Crippen LogP contribution in [0.2, 0.25) is 0 Å². The second kappa shape index (κ2) is 7.19. The zero-order valence-corrected chi connectivity index (χ0v) is 15.2. The molecule has 2 aromatic carbocycles. The Morgan fingerprint density at radius 2 is 1.96 bits per heavy atom. The largest absolute Gasteiger partial charge is 0.340 e. The Morgan fingerprint density at radius 1 is 1.20 bits per heavy atom. The molecule has 0 unspecified atom stereocenters. The number of hydrogen-bond acceptors (Lipinski definition) is 2. The third-order valence-corrected chi connectivity index (χ3v) is 4.53. The Labute approximate surface area is 152 Å². The molecule has 1 amide bonds. The van der Waals surface area contributed by atoms with Crippen molar-refractivity contribution < 1.29 is 9.18 Å². The van der Waals surface area contributed by atoms with Crippen LogP contribution in [0.15, 0.2) is 64.0 Å². The predicted octanol–water partition coefficient (Wildman–Crippen LogP) is 3.56. The number of nitrogens with zero attached hydrogens (tertiary/aromatic N) is 2. The summed E-state index contributed by atoms with van der Waals surface area (Å²) in [5.74, 6) is -0.503. The van der Waals surface area contributed by atoms with Gasteiger partial charge in [0.1, 0.15) is 12.4 Å². The van der Waals surface area contributed by atoms with Crippen LogP contribution in [0.3, 0.4) is 0 Å². The molecule has 0 aliphatic heterocycles. The Kier molecular flexibility index (Phi) is 4.99. The van der Waals surface area contributed by atoms with E-state index in [1.165, 1.54) is 17.0 Å². The standard InChI is InChI=1S/C19H16BrFN2O2/c1-22(11-13-4-2-3-5-16(13)21)19(25)12-23-9-8-18(24)15-10-14(20)6-7-17(15)23/h2-10H,11-12H2,1H3. The fourth-order valence-electron chi connectivity index (χ4n) is 2.66. The maximum absolute atomic E-state index is 13.7. The van der Waals surface area contributed by atoms with Crippen molar-refractivity contribution >= 4 is 32.7 Å². The lowest BCUT2D eigenvalue weighted by molar-refractivity contribution is -0.131. The minimum atomic E-state index is -0.333. The summed E-state index contributed by atoms with van der Waals surface area (Å²) >= 11 is 3.35. The van der Waals surface area contributed by atoms with Crippen molar-refractivity contribution in [1.82, 2.24) is 9.47 Å². The number of hydrogen-bond donors (Lipinski definition) is 0. The number of carbonyl (C=O) groups excluding carboxylic acids is 1. The molecule has 3 aromatic rings. The number of halogens is 2. The van der Waals surface area contributed by atoms with Crippen LogP contribution in [0.25, 0.3) is 10.9 Å². The van der Waals surface area contributed by atoms with Gasteiger partial charge in [0.05, 0.1) is 5.52 Å². The molecule has 0 bridgehead atoms. The average Bonchev–Trinajstić information content (AvgIpc) is 2.59. The van der Waals surface area contributed by atoms with Crippen LogP contribution in [-0.4, -0.2) is 22.4 Å². The van der Waals surface area contributed by atoms with Crippen LogP contribution in [0.1, 0.15) is 5.56 Å². The zero-order valence-electron chi connectivity index (χ0n) is 13.6. The molecule has 0 saturated carbocycles. The highest BCUT2D eigenvalue weighted by molar-refractivity contribution is 9.10. The lowest BCUT2D eigenvalue weighted by Crippen LogP contribution is -2.30. The summed E-state index contributed by atoms with van der Waals surface area (Å²) in [5, 5.41) is 0.543. The Balaban J connectivity index is 1.83. The topological polar surface area (TPSA) is 42.3 Å². The zero-order chi connectivity index (χ0) is 18.0. The van der Waals surface area contributed by atoms with E-state index < -0.39 is 0 Å². The first-order valence-electron chi connectivity index (χ1n) is 7.72. The maximum atomic E-state index is 13.7. The van der Waals surface area contributed by atoms with E-state index in [2.05, 4.69) is 15.9 Å². The molecule has 1 heterocycles. The molecule has 0 radical (unpaired) electrons. The maximum Gasteiger partial charge on any atom is 0.242 e. The number of amides is 1. The summed E-state index contributed by atoms with van der Waals surface area (Å²) < 4.78 is 16.3. The number of benzene rings is 2. The molecule has 0 saturated heterocycles. The summed E-state index contributed by atoms with van der Waals surface area (Å²) in [4.78, 5) is 26.0.